The Labute approximate surface area is 102 Å². The van der Waals surface area contributed by atoms with Crippen LogP contribution in [0.3, 0.4) is 0 Å². The molecule has 3 rings (SSSR count). The third-order valence-corrected chi connectivity index (χ3v) is 4.36. The van der Waals surface area contributed by atoms with Crippen LogP contribution in [0.2, 0.25) is 0 Å². The van der Waals surface area contributed by atoms with Crippen molar-refractivity contribution in [2.75, 3.05) is 6.54 Å². The van der Waals surface area contributed by atoms with Gasteiger partial charge in [0.15, 0.2) is 0 Å². The molecule has 0 radical (unpaired) electrons. The SMILES string of the molecule is NCC1(C(=O)Cc2ccc3c(c2)CCC3)CC1. The van der Waals surface area contributed by atoms with Gasteiger partial charge in [-0.1, -0.05) is 18.2 Å². The first-order chi connectivity index (χ1) is 8.23. The molecule has 0 bridgehead atoms. The Kier molecular flexibility index (Phi) is 2.55. The highest BCUT2D eigenvalue weighted by Gasteiger charge is 2.47. The maximum absolute atomic E-state index is 12.1. The van der Waals surface area contributed by atoms with Gasteiger partial charge in [-0.3, -0.25) is 4.79 Å². The first kappa shape index (κ1) is 11.0. The van der Waals surface area contributed by atoms with Gasteiger partial charge in [-0.2, -0.15) is 0 Å². The molecule has 2 aliphatic carbocycles. The van der Waals surface area contributed by atoms with E-state index < -0.39 is 0 Å². The molecule has 1 fully saturated rings. The number of carbonyl (C=O) groups excluding carboxylic acids is 1. The van der Waals surface area contributed by atoms with Crippen LogP contribution < -0.4 is 5.73 Å². The number of benzene rings is 1. The van der Waals surface area contributed by atoms with E-state index in [1.807, 2.05) is 0 Å². The predicted octanol–water partition coefficient (Wildman–Crippen LogP) is 2.03. The molecule has 2 N–H and O–H groups in total. The predicted molar refractivity (Wildman–Crippen MR) is 67.9 cm³/mol. The van der Waals surface area contributed by atoms with Gasteiger partial charge >= 0.3 is 0 Å². The smallest absolute Gasteiger partial charge is 0.144 e. The maximum atomic E-state index is 12.1. The molecule has 0 spiro atoms. The topological polar surface area (TPSA) is 43.1 Å². The molecule has 0 heterocycles. The number of carbonyl (C=O) groups is 1. The second-order valence-corrected chi connectivity index (χ2v) is 5.54. The van der Waals surface area contributed by atoms with Gasteiger partial charge in [-0.25, -0.2) is 0 Å². The molecule has 17 heavy (non-hydrogen) atoms. The zero-order chi connectivity index (χ0) is 11.9. The molecule has 0 unspecified atom stereocenters. The highest BCUT2D eigenvalue weighted by atomic mass is 16.1. The summed E-state index contributed by atoms with van der Waals surface area (Å²) in [6.07, 6.45) is 6.21. The lowest BCUT2D eigenvalue weighted by Gasteiger charge is -2.11. The Morgan fingerprint density at radius 2 is 2.00 bits per heavy atom. The number of aryl methyl sites for hydroxylation is 2. The molecular formula is C15H19NO. The van der Waals surface area contributed by atoms with Crippen LogP contribution in [0.1, 0.15) is 36.0 Å². The van der Waals surface area contributed by atoms with Gasteiger partial charge in [0.05, 0.1) is 0 Å². The molecule has 2 nitrogen and oxygen atoms in total. The summed E-state index contributed by atoms with van der Waals surface area (Å²) in [4.78, 5) is 12.1. The summed E-state index contributed by atoms with van der Waals surface area (Å²) in [6, 6.07) is 6.55. The molecule has 2 aliphatic rings. The Morgan fingerprint density at radius 1 is 1.24 bits per heavy atom. The number of Topliss-reactive ketones (excluding diaryl/α,β-unsaturated/α-hetero) is 1. The first-order valence-electron chi connectivity index (χ1n) is 6.58. The normalized spacial score (nSPS) is 20.1. The largest absolute Gasteiger partial charge is 0.329 e. The van der Waals surface area contributed by atoms with Gasteiger partial charge in [-0.05, 0) is 48.8 Å². The van der Waals surface area contributed by atoms with Crippen LogP contribution in [0.5, 0.6) is 0 Å². The van der Waals surface area contributed by atoms with Gasteiger partial charge in [0.2, 0.25) is 0 Å². The average molecular weight is 229 g/mol. The standard InChI is InChI=1S/C15H19NO/c16-10-15(6-7-15)14(17)9-11-4-5-12-2-1-3-13(12)8-11/h4-5,8H,1-3,6-7,9-10,16H2. The summed E-state index contributed by atoms with van der Waals surface area (Å²) in [6.45, 7) is 0.525. The Bertz CT molecular complexity index is 460. The second kappa shape index (κ2) is 3.95. The van der Waals surface area contributed by atoms with Crippen LogP contribution in [0.25, 0.3) is 0 Å². The summed E-state index contributed by atoms with van der Waals surface area (Å²) >= 11 is 0. The lowest BCUT2D eigenvalue weighted by molar-refractivity contribution is -0.123. The molecule has 0 aromatic heterocycles. The Balaban J connectivity index is 1.75. The van der Waals surface area contributed by atoms with Crippen molar-refractivity contribution < 1.29 is 4.79 Å². The summed E-state index contributed by atoms with van der Waals surface area (Å²) < 4.78 is 0. The number of rotatable bonds is 4. The summed E-state index contributed by atoms with van der Waals surface area (Å²) in [5.74, 6) is 0.345. The minimum absolute atomic E-state index is 0.154. The summed E-state index contributed by atoms with van der Waals surface area (Å²) in [7, 11) is 0. The van der Waals surface area contributed by atoms with Crippen molar-refractivity contribution in [3.8, 4) is 0 Å². The third-order valence-electron chi connectivity index (χ3n) is 4.36. The fourth-order valence-electron chi connectivity index (χ4n) is 2.86. The number of fused-ring (bicyclic) bond motifs is 1. The van der Waals surface area contributed by atoms with Crippen molar-refractivity contribution in [1.82, 2.24) is 0 Å². The minimum Gasteiger partial charge on any atom is -0.329 e. The van der Waals surface area contributed by atoms with Crippen LogP contribution in [0.4, 0.5) is 0 Å². The van der Waals surface area contributed by atoms with Crippen LogP contribution in [-0.2, 0) is 24.1 Å². The lowest BCUT2D eigenvalue weighted by atomic mass is 9.94. The molecule has 0 atom stereocenters. The van der Waals surface area contributed by atoms with Crippen molar-refractivity contribution in [3.05, 3.63) is 34.9 Å². The first-order valence-corrected chi connectivity index (χ1v) is 6.58. The van der Waals surface area contributed by atoms with Gasteiger partial charge in [0.25, 0.3) is 0 Å². The Hall–Kier alpha value is -1.15. The van der Waals surface area contributed by atoms with E-state index in [9.17, 15) is 4.79 Å². The molecular weight excluding hydrogens is 210 g/mol. The van der Waals surface area contributed by atoms with E-state index in [1.165, 1.54) is 36.0 Å². The van der Waals surface area contributed by atoms with E-state index in [4.69, 9.17) is 5.73 Å². The molecule has 1 saturated carbocycles. The number of nitrogens with two attached hydrogens (primary N) is 1. The highest BCUT2D eigenvalue weighted by molar-refractivity contribution is 5.89. The zero-order valence-corrected chi connectivity index (χ0v) is 10.2. The average Bonchev–Trinajstić information content (AvgIpc) is 3.01. The quantitative estimate of drug-likeness (QED) is 0.858. The van der Waals surface area contributed by atoms with Crippen molar-refractivity contribution in [3.63, 3.8) is 0 Å². The van der Waals surface area contributed by atoms with E-state index in [0.717, 1.165) is 12.8 Å². The zero-order valence-electron chi connectivity index (χ0n) is 10.2. The maximum Gasteiger partial charge on any atom is 0.144 e. The van der Waals surface area contributed by atoms with Crippen molar-refractivity contribution in [2.24, 2.45) is 11.1 Å². The van der Waals surface area contributed by atoms with Gasteiger partial charge in [0, 0.05) is 18.4 Å². The molecule has 0 amide bonds. The van der Waals surface area contributed by atoms with Crippen molar-refractivity contribution >= 4 is 5.78 Å². The minimum atomic E-state index is -0.154. The van der Waals surface area contributed by atoms with E-state index in [1.54, 1.807) is 0 Å². The van der Waals surface area contributed by atoms with E-state index in [-0.39, 0.29) is 5.41 Å². The molecule has 90 valence electrons. The third kappa shape index (κ3) is 1.91. The summed E-state index contributed by atoms with van der Waals surface area (Å²) in [5.41, 5.74) is 9.64. The molecule has 2 heteroatoms. The monoisotopic (exact) mass is 229 g/mol. The number of hydrogen-bond donors (Lipinski definition) is 1. The van der Waals surface area contributed by atoms with Gasteiger partial charge in [-0.15, -0.1) is 0 Å². The van der Waals surface area contributed by atoms with Crippen LogP contribution >= 0.6 is 0 Å². The van der Waals surface area contributed by atoms with Crippen molar-refractivity contribution in [1.29, 1.82) is 0 Å². The second-order valence-electron chi connectivity index (χ2n) is 5.54. The summed E-state index contributed by atoms with van der Waals surface area (Å²) in [5, 5.41) is 0. The van der Waals surface area contributed by atoms with E-state index >= 15 is 0 Å². The molecule has 0 aliphatic heterocycles. The van der Waals surface area contributed by atoms with Gasteiger partial charge in [0.1, 0.15) is 5.78 Å². The van der Waals surface area contributed by atoms with E-state index in [0.29, 0.717) is 18.7 Å². The van der Waals surface area contributed by atoms with E-state index in [2.05, 4.69) is 18.2 Å². The lowest BCUT2D eigenvalue weighted by Crippen LogP contribution is -2.26. The van der Waals surface area contributed by atoms with Crippen molar-refractivity contribution in [2.45, 2.75) is 38.5 Å². The molecule has 1 aromatic rings. The van der Waals surface area contributed by atoms with Gasteiger partial charge < -0.3 is 5.73 Å². The number of ketones is 1. The number of hydrogen-bond acceptors (Lipinski definition) is 2. The highest BCUT2D eigenvalue weighted by Crippen LogP contribution is 2.46. The Morgan fingerprint density at radius 3 is 2.71 bits per heavy atom. The molecule has 1 aromatic carbocycles. The molecule has 0 saturated heterocycles. The van der Waals surface area contributed by atoms with Crippen LogP contribution in [-0.4, -0.2) is 12.3 Å². The fourth-order valence-corrected chi connectivity index (χ4v) is 2.86. The fraction of sp³-hybridized carbons (Fsp3) is 0.533. The van der Waals surface area contributed by atoms with Crippen LogP contribution in [0, 0.1) is 5.41 Å². The van der Waals surface area contributed by atoms with Crippen LogP contribution in [0.15, 0.2) is 18.2 Å².